The summed E-state index contributed by atoms with van der Waals surface area (Å²) in [5.41, 5.74) is 3.23. The summed E-state index contributed by atoms with van der Waals surface area (Å²) in [5.74, 6) is -0.0813. The van der Waals surface area contributed by atoms with Gasteiger partial charge in [0.25, 0.3) is 5.91 Å². The number of carbonyl (C=O) groups is 1. The van der Waals surface area contributed by atoms with E-state index in [1.807, 2.05) is 29.2 Å². The van der Waals surface area contributed by atoms with Crippen molar-refractivity contribution in [2.75, 3.05) is 29.1 Å². The number of anilines is 2. The minimum atomic E-state index is -3.09. The zero-order valence-electron chi connectivity index (χ0n) is 15.3. The molecule has 0 aromatic heterocycles. The van der Waals surface area contributed by atoms with E-state index in [1.54, 1.807) is 24.3 Å². The van der Waals surface area contributed by atoms with Crippen molar-refractivity contribution < 1.29 is 13.2 Å². The van der Waals surface area contributed by atoms with Gasteiger partial charge in [0.1, 0.15) is 0 Å². The molecule has 0 aliphatic carbocycles. The summed E-state index contributed by atoms with van der Waals surface area (Å²) in [6.45, 7) is 5.75. The Hall–Kier alpha value is -2.34. The zero-order valence-corrected chi connectivity index (χ0v) is 16.2. The van der Waals surface area contributed by atoms with Gasteiger partial charge < -0.3 is 9.80 Å². The SMILES string of the molecule is CCN1c2ccccc2N(C(=O)c2ccc(CS(C)(=O)=O)cc2)CC1C. The van der Waals surface area contributed by atoms with Crippen molar-refractivity contribution in [3.05, 3.63) is 59.7 Å². The van der Waals surface area contributed by atoms with E-state index in [-0.39, 0.29) is 17.7 Å². The van der Waals surface area contributed by atoms with Crippen LogP contribution in [0.4, 0.5) is 11.4 Å². The lowest BCUT2D eigenvalue weighted by Gasteiger charge is -2.42. The van der Waals surface area contributed by atoms with Crippen molar-refractivity contribution in [2.24, 2.45) is 0 Å². The molecule has 0 spiro atoms. The lowest BCUT2D eigenvalue weighted by Crippen LogP contribution is -2.49. The third-order valence-electron chi connectivity index (χ3n) is 4.68. The van der Waals surface area contributed by atoms with Gasteiger partial charge >= 0.3 is 0 Å². The number of rotatable bonds is 4. The fourth-order valence-electron chi connectivity index (χ4n) is 3.51. The molecule has 6 heteroatoms. The molecule has 0 N–H and O–H groups in total. The monoisotopic (exact) mass is 372 g/mol. The minimum Gasteiger partial charge on any atom is -0.366 e. The fourth-order valence-corrected chi connectivity index (χ4v) is 4.31. The third-order valence-corrected chi connectivity index (χ3v) is 5.53. The molecule has 26 heavy (non-hydrogen) atoms. The van der Waals surface area contributed by atoms with E-state index >= 15 is 0 Å². The summed E-state index contributed by atoms with van der Waals surface area (Å²) in [7, 11) is -3.09. The van der Waals surface area contributed by atoms with Gasteiger partial charge in [-0.15, -0.1) is 0 Å². The average molecular weight is 372 g/mol. The number of likely N-dealkylation sites (N-methyl/N-ethyl adjacent to an activating group) is 1. The third kappa shape index (κ3) is 3.75. The molecule has 1 aliphatic heterocycles. The molecule has 1 aliphatic rings. The normalized spacial score (nSPS) is 17.1. The highest BCUT2D eigenvalue weighted by Gasteiger charge is 2.30. The maximum atomic E-state index is 13.1. The average Bonchev–Trinajstić information content (AvgIpc) is 2.60. The maximum Gasteiger partial charge on any atom is 0.258 e. The van der Waals surface area contributed by atoms with E-state index in [1.165, 1.54) is 6.26 Å². The fraction of sp³-hybridized carbons (Fsp3) is 0.350. The zero-order chi connectivity index (χ0) is 18.9. The lowest BCUT2D eigenvalue weighted by molar-refractivity contribution is 0.0984. The van der Waals surface area contributed by atoms with E-state index in [9.17, 15) is 13.2 Å². The number of carbonyl (C=O) groups excluding carboxylic acids is 1. The Kier molecular flexibility index (Phi) is 5.05. The highest BCUT2D eigenvalue weighted by molar-refractivity contribution is 7.89. The van der Waals surface area contributed by atoms with Gasteiger partial charge in [-0.3, -0.25) is 4.79 Å². The first-order valence-corrected chi connectivity index (χ1v) is 10.8. The largest absolute Gasteiger partial charge is 0.366 e. The summed E-state index contributed by atoms with van der Waals surface area (Å²) >= 11 is 0. The van der Waals surface area contributed by atoms with Gasteiger partial charge in [0.15, 0.2) is 9.84 Å². The Morgan fingerprint density at radius 2 is 1.69 bits per heavy atom. The van der Waals surface area contributed by atoms with Crippen molar-refractivity contribution in [2.45, 2.75) is 25.6 Å². The quantitative estimate of drug-likeness (QED) is 0.827. The van der Waals surface area contributed by atoms with Crippen LogP contribution in [-0.2, 0) is 15.6 Å². The van der Waals surface area contributed by atoms with Gasteiger partial charge in [0.05, 0.1) is 17.1 Å². The second-order valence-corrected chi connectivity index (χ2v) is 8.95. The predicted octanol–water partition coefficient (Wildman–Crippen LogP) is 3.11. The Labute approximate surface area is 155 Å². The van der Waals surface area contributed by atoms with Crippen LogP contribution in [0.5, 0.6) is 0 Å². The van der Waals surface area contributed by atoms with E-state index in [0.29, 0.717) is 17.7 Å². The van der Waals surface area contributed by atoms with Crippen LogP contribution in [-0.4, -0.2) is 39.7 Å². The van der Waals surface area contributed by atoms with Crippen molar-refractivity contribution in [1.82, 2.24) is 0 Å². The standard InChI is InChI=1S/C20H24N2O3S/c1-4-21-15(2)13-22(19-8-6-5-7-18(19)21)20(23)17-11-9-16(10-12-17)14-26(3,24)25/h5-12,15H,4,13-14H2,1-3H3. The number of benzene rings is 2. The lowest BCUT2D eigenvalue weighted by atomic mass is 10.1. The molecule has 1 atom stereocenters. The number of nitrogens with zero attached hydrogens (tertiary/aromatic N) is 2. The summed E-state index contributed by atoms with van der Waals surface area (Å²) in [6.07, 6.45) is 1.21. The van der Waals surface area contributed by atoms with Crippen LogP contribution >= 0.6 is 0 Å². The molecule has 0 fully saturated rings. The predicted molar refractivity (Wildman–Crippen MR) is 106 cm³/mol. The molecule has 0 saturated heterocycles. The number of hydrogen-bond donors (Lipinski definition) is 0. The molecule has 5 nitrogen and oxygen atoms in total. The van der Waals surface area contributed by atoms with Gasteiger partial charge in [-0.05, 0) is 43.7 Å². The van der Waals surface area contributed by atoms with Crippen LogP contribution in [0.2, 0.25) is 0 Å². The summed E-state index contributed by atoms with van der Waals surface area (Å²) in [6, 6.07) is 15.0. The highest BCUT2D eigenvalue weighted by Crippen LogP contribution is 2.35. The minimum absolute atomic E-state index is 0.0173. The van der Waals surface area contributed by atoms with E-state index in [4.69, 9.17) is 0 Å². The van der Waals surface area contributed by atoms with Gasteiger partial charge in [0, 0.05) is 31.0 Å². The van der Waals surface area contributed by atoms with Crippen molar-refractivity contribution >= 4 is 27.1 Å². The Balaban J connectivity index is 1.90. The maximum absolute atomic E-state index is 13.1. The van der Waals surface area contributed by atoms with Crippen LogP contribution in [0, 0.1) is 0 Å². The number of sulfone groups is 1. The molecule has 3 rings (SSSR count). The molecule has 2 aromatic rings. The molecule has 2 aromatic carbocycles. The molecule has 0 saturated carbocycles. The molecule has 1 amide bonds. The summed E-state index contributed by atoms with van der Waals surface area (Å²) < 4.78 is 22.8. The first-order chi connectivity index (χ1) is 12.3. The number of para-hydroxylation sites is 2. The van der Waals surface area contributed by atoms with Gasteiger partial charge in [-0.25, -0.2) is 8.42 Å². The molecular weight excluding hydrogens is 348 g/mol. The van der Waals surface area contributed by atoms with E-state index in [0.717, 1.165) is 17.9 Å². The molecule has 138 valence electrons. The van der Waals surface area contributed by atoms with Crippen molar-refractivity contribution in [3.8, 4) is 0 Å². The van der Waals surface area contributed by atoms with Crippen LogP contribution < -0.4 is 9.80 Å². The van der Waals surface area contributed by atoms with Crippen molar-refractivity contribution in [1.29, 1.82) is 0 Å². The van der Waals surface area contributed by atoms with E-state index < -0.39 is 9.84 Å². The highest BCUT2D eigenvalue weighted by atomic mass is 32.2. The number of amides is 1. The van der Waals surface area contributed by atoms with Crippen LogP contribution in [0.15, 0.2) is 48.5 Å². The molecule has 1 unspecified atom stereocenters. The topological polar surface area (TPSA) is 57.7 Å². The second-order valence-electron chi connectivity index (χ2n) is 6.81. The summed E-state index contributed by atoms with van der Waals surface area (Å²) in [5, 5.41) is 0. The smallest absolute Gasteiger partial charge is 0.258 e. The second kappa shape index (κ2) is 7.11. The van der Waals surface area contributed by atoms with Crippen LogP contribution in [0.1, 0.15) is 29.8 Å². The van der Waals surface area contributed by atoms with E-state index in [2.05, 4.69) is 18.7 Å². The first-order valence-electron chi connectivity index (χ1n) is 8.74. The summed E-state index contributed by atoms with van der Waals surface area (Å²) in [4.78, 5) is 17.2. The van der Waals surface area contributed by atoms with Crippen LogP contribution in [0.25, 0.3) is 0 Å². The number of fused-ring (bicyclic) bond motifs is 1. The number of hydrogen-bond acceptors (Lipinski definition) is 4. The molecule has 1 heterocycles. The Bertz CT molecular complexity index is 907. The Morgan fingerprint density at radius 1 is 1.08 bits per heavy atom. The molecule has 0 bridgehead atoms. The van der Waals surface area contributed by atoms with Gasteiger partial charge in [0.2, 0.25) is 0 Å². The molecular formula is C20H24N2O3S. The molecule has 0 radical (unpaired) electrons. The Morgan fingerprint density at radius 3 is 2.27 bits per heavy atom. The van der Waals surface area contributed by atoms with Gasteiger partial charge in [-0.2, -0.15) is 0 Å². The van der Waals surface area contributed by atoms with Crippen molar-refractivity contribution in [3.63, 3.8) is 0 Å². The van der Waals surface area contributed by atoms with Gasteiger partial charge in [-0.1, -0.05) is 24.3 Å². The van der Waals surface area contributed by atoms with Crippen LogP contribution in [0.3, 0.4) is 0 Å². The first kappa shape index (κ1) is 18.5.